The standard InChI is InChI=1S/C13H14FN3O2S/c1-17(11-5-2-9(14)3-6-11)12-7-4-10(15)8-13(12)20(16,18)19/h2-8H,15H2,1H3,(H2,16,18,19). The predicted molar refractivity (Wildman–Crippen MR) is 76.7 cm³/mol. The second kappa shape index (κ2) is 5.10. The molecule has 0 spiro atoms. The fourth-order valence-electron chi connectivity index (χ4n) is 1.84. The van der Waals surface area contributed by atoms with Gasteiger partial charge in [-0.1, -0.05) is 0 Å². The van der Waals surface area contributed by atoms with E-state index in [2.05, 4.69) is 0 Å². The smallest absolute Gasteiger partial charge is 0.240 e. The maximum atomic E-state index is 12.9. The molecule has 0 radical (unpaired) electrons. The highest BCUT2D eigenvalue weighted by molar-refractivity contribution is 7.89. The Balaban J connectivity index is 2.55. The van der Waals surface area contributed by atoms with Crippen molar-refractivity contribution in [2.24, 2.45) is 5.14 Å². The van der Waals surface area contributed by atoms with Crippen LogP contribution in [0.3, 0.4) is 0 Å². The number of halogens is 1. The van der Waals surface area contributed by atoms with Gasteiger partial charge in [-0.3, -0.25) is 0 Å². The van der Waals surface area contributed by atoms with Crippen LogP contribution in [0.4, 0.5) is 21.5 Å². The van der Waals surface area contributed by atoms with E-state index >= 15 is 0 Å². The van der Waals surface area contributed by atoms with Crippen LogP contribution in [0.25, 0.3) is 0 Å². The number of nitrogen functional groups attached to an aromatic ring is 1. The molecule has 7 heteroatoms. The van der Waals surface area contributed by atoms with Crippen LogP contribution in [0.2, 0.25) is 0 Å². The van der Waals surface area contributed by atoms with E-state index in [4.69, 9.17) is 10.9 Å². The SMILES string of the molecule is CN(c1ccc(F)cc1)c1ccc(N)cc1S(N)(=O)=O. The van der Waals surface area contributed by atoms with Crippen molar-refractivity contribution >= 4 is 27.1 Å². The molecule has 0 saturated heterocycles. The lowest BCUT2D eigenvalue weighted by Gasteiger charge is -2.22. The number of anilines is 3. The van der Waals surface area contributed by atoms with Gasteiger partial charge >= 0.3 is 0 Å². The van der Waals surface area contributed by atoms with Crippen LogP contribution in [0, 0.1) is 5.82 Å². The van der Waals surface area contributed by atoms with Gasteiger partial charge in [0.2, 0.25) is 10.0 Å². The lowest BCUT2D eigenvalue weighted by molar-refractivity contribution is 0.598. The molecule has 5 nitrogen and oxygen atoms in total. The van der Waals surface area contributed by atoms with Crippen molar-refractivity contribution < 1.29 is 12.8 Å². The summed E-state index contributed by atoms with van der Waals surface area (Å²) in [6.07, 6.45) is 0. The number of hydrogen-bond acceptors (Lipinski definition) is 4. The van der Waals surface area contributed by atoms with Crippen LogP contribution >= 0.6 is 0 Å². The fraction of sp³-hybridized carbons (Fsp3) is 0.0769. The summed E-state index contributed by atoms with van der Waals surface area (Å²) in [5.41, 5.74) is 6.89. The molecule has 2 rings (SSSR count). The molecule has 0 aliphatic carbocycles. The molecule has 0 heterocycles. The summed E-state index contributed by atoms with van der Waals surface area (Å²) in [5, 5.41) is 5.20. The number of nitrogens with zero attached hydrogens (tertiary/aromatic N) is 1. The second-order valence-electron chi connectivity index (χ2n) is 4.31. The highest BCUT2D eigenvalue weighted by Gasteiger charge is 2.18. The van der Waals surface area contributed by atoms with Crippen LogP contribution in [0.5, 0.6) is 0 Å². The minimum atomic E-state index is -3.91. The first-order chi connectivity index (χ1) is 9.29. The number of benzene rings is 2. The Kier molecular flexibility index (Phi) is 3.65. The van der Waals surface area contributed by atoms with Gasteiger partial charge in [0.15, 0.2) is 0 Å². The number of hydrogen-bond donors (Lipinski definition) is 2. The van der Waals surface area contributed by atoms with E-state index in [0.29, 0.717) is 17.1 Å². The molecule has 0 aliphatic heterocycles. The number of primary sulfonamides is 1. The van der Waals surface area contributed by atoms with Crippen molar-refractivity contribution in [3.63, 3.8) is 0 Å². The van der Waals surface area contributed by atoms with Crippen molar-refractivity contribution in [3.8, 4) is 0 Å². The van der Waals surface area contributed by atoms with Crippen LogP contribution < -0.4 is 15.8 Å². The monoisotopic (exact) mass is 295 g/mol. The summed E-state index contributed by atoms with van der Waals surface area (Å²) in [7, 11) is -2.25. The van der Waals surface area contributed by atoms with E-state index in [1.807, 2.05) is 0 Å². The van der Waals surface area contributed by atoms with Crippen LogP contribution in [0.1, 0.15) is 0 Å². The summed E-state index contributed by atoms with van der Waals surface area (Å²) < 4.78 is 36.2. The van der Waals surface area contributed by atoms with Gasteiger partial charge in [0.25, 0.3) is 0 Å². The maximum absolute atomic E-state index is 12.9. The zero-order valence-corrected chi connectivity index (χ0v) is 11.6. The van der Waals surface area contributed by atoms with Crippen LogP contribution in [-0.4, -0.2) is 15.5 Å². The van der Waals surface area contributed by atoms with Gasteiger partial charge in [0.1, 0.15) is 10.7 Å². The number of sulfonamides is 1. The molecule has 2 aromatic carbocycles. The first kappa shape index (κ1) is 14.3. The lowest BCUT2D eigenvalue weighted by Crippen LogP contribution is -2.19. The first-order valence-corrected chi connectivity index (χ1v) is 7.25. The quantitative estimate of drug-likeness (QED) is 0.845. The van der Waals surface area contributed by atoms with E-state index in [9.17, 15) is 12.8 Å². The molecule has 106 valence electrons. The number of rotatable bonds is 3. The van der Waals surface area contributed by atoms with E-state index in [0.717, 1.165) is 0 Å². The topological polar surface area (TPSA) is 89.4 Å². The van der Waals surface area contributed by atoms with Crippen molar-refractivity contribution in [1.29, 1.82) is 0 Å². The molecule has 0 aliphatic rings. The molecule has 0 amide bonds. The molecule has 0 bridgehead atoms. The lowest BCUT2D eigenvalue weighted by atomic mass is 10.2. The van der Waals surface area contributed by atoms with Gasteiger partial charge in [-0.25, -0.2) is 17.9 Å². The predicted octanol–water partition coefficient (Wildman–Crippen LogP) is 1.82. The normalized spacial score (nSPS) is 11.3. The highest BCUT2D eigenvalue weighted by atomic mass is 32.2. The molecule has 0 atom stereocenters. The van der Waals surface area contributed by atoms with Crippen molar-refractivity contribution in [2.45, 2.75) is 4.90 Å². The van der Waals surface area contributed by atoms with Crippen molar-refractivity contribution in [3.05, 3.63) is 48.3 Å². The first-order valence-electron chi connectivity index (χ1n) is 5.70. The van der Waals surface area contributed by atoms with Gasteiger partial charge in [-0.2, -0.15) is 0 Å². The minimum absolute atomic E-state index is 0.0793. The average molecular weight is 295 g/mol. The van der Waals surface area contributed by atoms with Gasteiger partial charge in [-0.15, -0.1) is 0 Å². The van der Waals surface area contributed by atoms with E-state index in [1.165, 1.54) is 18.2 Å². The third-order valence-electron chi connectivity index (χ3n) is 2.87. The molecule has 4 N–H and O–H groups in total. The Hall–Kier alpha value is -2.12. The fourth-order valence-corrected chi connectivity index (χ4v) is 2.64. The molecule has 0 aromatic heterocycles. The summed E-state index contributed by atoms with van der Waals surface area (Å²) >= 11 is 0. The Morgan fingerprint density at radius 2 is 1.70 bits per heavy atom. The third-order valence-corrected chi connectivity index (χ3v) is 3.81. The van der Waals surface area contributed by atoms with Gasteiger partial charge in [0, 0.05) is 18.4 Å². The molecule has 20 heavy (non-hydrogen) atoms. The molecule has 0 fully saturated rings. The zero-order chi connectivity index (χ0) is 14.9. The Bertz CT molecular complexity index is 730. The summed E-state index contributed by atoms with van der Waals surface area (Å²) in [6, 6.07) is 10.1. The van der Waals surface area contributed by atoms with E-state index in [1.54, 1.807) is 36.2 Å². The zero-order valence-electron chi connectivity index (χ0n) is 10.7. The summed E-state index contributed by atoms with van der Waals surface area (Å²) in [4.78, 5) is 1.52. The largest absolute Gasteiger partial charge is 0.399 e. The Morgan fingerprint density at radius 1 is 1.10 bits per heavy atom. The number of nitrogens with two attached hydrogens (primary N) is 2. The van der Waals surface area contributed by atoms with Crippen LogP contribution in [-0.2, 0) is 10.0 Å². The molecule has 0 unspecified atom stereocenters. The van der Waals surface area contributed by atoms with Crippen LogP contribution in [0.15, 0.2) is 47.4 Å². The van der Waals surface area contributed by atoms with Gasteiger partial charge in [0.05, 0.1) is 5.69 Å². The minimum Gasteiger partial charge on any atom is -0.399 e. The molecular formula is C13H14FN3O2S. The van der Waals surface area contributed by atoms with Crippen molar-refractivity contribution in [1.82, 2.24) is 0 Å². The second-order valence-corrected chi connectivity index (χ2v) is 5.84. The summed E-state index contributed by atoms with van der Waals surface area (Å²) in [6.45, 7) is 0. The van der Waals surface area contributed by atoms with E-state index < -0.39 is 10.0 Å². The Labute approximate surface area is 116 Å². The van der Waals surface area contributed by atoms with Gasteiger partial charge < -0.3 is 10.6 Å². The summed E-state index contributed by atoms with van der Waals surface area (Å²) in [5.74, 6) is -0.369. The third kappa shape index (κ3) is 2.89. The Morgan fingerprint density at radius 3 is 2.25 bits per heavy atom. The van der Waals surface area contributed by atoms with E-state index in [-0.39, 0.29) is 10.7 Å². The average Bonchev–Trinajstić information content (AvgIpc) is 2.38. The van der Waals surface area contributed by atoms with Crippen molar-refractivity contribution in [2.75, 3.05) is 17.7 Å². The molecule has 2 aromatic rings. The maximum Gasteiger partial charge on any atom is 0.240 e. The molecule has 0 saturated carbocycles. The van der Waals surface area contributed by atoms with Gasteiger partial charge in [-0.05, 0) is 42.5 Å². The molecular weight excluding hydrogens is 281 g/mol. The highest BCUT2D eigenvalue weighted by Crippen LogP contribution is 2.31.